The SMILES string of the molecule is CN(C)c1nc(Cl)c(-c2nccn2CCc2nncn2C)s1. The Morgan fingerprint density at radius 1 is 1.36 bits per heavy atom. The van der Waals surface area contributed by atoms with E-state index in [9.17, 15) is 0 Å². The molecule has 0 unspecified atom stereocenters. The van der Waals surface area contributed by atoms with Gasteiger partial charge in [0.25, 0.3) is 0 Å². The third-order valence-electron chi connectivity index (χ3n) is 3.26. The zero-order chi connectivity index (χ0) is 15.7. The maximum Gasteiger partial charge on any atom is 0.186 e. The molecule has 0 amide bonds. The number of nitrogens with zero attached hydrogens (tertiary/aromatic N) is 7. The molecule has 0 fully saturated rings. The summed E-state index contributed by atoms with van der Waals surface area (Å²) in [6, 6.07) is 0. The van der Waals surface area contributed by atoms with Crippen LogP contribution in [0.15, 0.2) is 18.7 Å². The molecular weight excluding hydrogens is 322 g/mol. The van der Waals surface area contributed by atoms with Crippen LogP contribution in [0.2, 0.25) is 5.15 Å². The highest BCUT2D eigenvalue weighted by atomic mass is 35.5. The predicted molar refractivity (Wildman–Crippen MR) is 87.4 cm³/mol. The average molecular weight is 338 g/mol. The number of aryl methyl sites for hydroxylation is 3. The second-order valence-electron chi connectivity index (χ2n) is 5.06. The number of halogens is 1. The minimum Gasteiger partial charge on any atom is -0.354 e. The highest BCUT2D eigenvalue weighted by molar-refractivity contribution is 7.19. The molecule has 22 heavy (non-hydrogen) atoms. The third-order valence-corrected chi connectivity index (χ3v) is 4.86. The van der Waals surface area contributed by atoms with E-state index in [0.29, 0.717) is 5.15 Å². The summed E-state index contributed by atoms with van der Waals surface area (Å²) in [7, 11) is 5.83. The number of hydrogen-bond donors (Lipinski definition) is 0. The van der Waals surface area contributed by atoms with Gasteiger partial charge < -0.3 is 14.0 Å². The van der Waals surface area contributed by atoms with Crippen LogP contribution in [0.4, 0.5) is 5.13 Å². The lowest BCUT2D eigenvalue weighted by Gasteiger charge is -2.07. The summed E-state index contributed by atoms with van der Waals surface area (Å²) in [4.78, 5) is 11.6. The Hall–Kier alpha value is -1.93. The van der Waals surface area contributed by atoms with Gasteiger partial charge >= 0.3 is 0 Å². The first-order valence-corrected chi connectivity index (χ1v) is 7.93. The molecule has 3 rings (SSSR count). The monoisotopic (exact) mass is 337 g/mol. The number of hydrogen-bond acceptors (Lipinski definition) is 6. The third kappa shape index (κ3) is 2.84. The van der Waals surface area contributed by atoms with Crippen molar-refractivity contribution in [3.05, 3.63) is 29.7 Å². The Labute approximate surface area is 137 Å². The van der Waals surface area contributed by atoms with Crippen molar-refractivity contribution in [2.24, 2.45) is 7.05 Å². The van der Waals surface area contributed by atoms with Crippen molar-refractivity contribution in [2.75, 3.05) is 19.0 Å². The normalized spacial score (nSPS) is 11.1. The van der Waals surface area contributed by atoms with Crippen molar-refractivity contribution < 1.29 is 0 Å². The quantitative estimate of drug-likeness (QED) is 0.713. The van der Waals surface area contributed by atoms with Crippen LogP contribution in [0.3, 0.4) is 0 Å². The summed E-state index contributed by atoms with van der Waals surface area (Å²) in [6.45, 7) is 0.757. The Morgan fingerprint density at radius 2 is 2.18 bits per heavy atom. The molecule has 3 aromatic rings. The predicted octanol–water partition coefficient (Wildman–Crippen LogP) is 2.10. The molecule has 0 aliphatic rings. The van der Waals surface area contributed by atoms with Gasteiger partial charge in [-0.1, -0.05) is 22.9 Å². The van der Waals surface area contributed by atoms with Gasteiger partial charge in [-0.15, -0.1) is 10.2 Å². The number of anilines is 1. The molecule has 9 heteroatoms. The van der Waals surface area contributed by atoms with Gasteiger partial charge in [0.05, 0.1) is 0 Å². The van der Waals surface area contributed by atoms with E-state index in [1.807, 2.05) is 36.8 Å². The number of imidazole rings is 1. The van der Waals surface area contributed by atoms with Crippen LogP contribution in [-0.2, 0) is 20.0 Å². The van der Waals surface area contributed by atoms with Crippen molar-refractivity contribution in [3.8, 4) is 10.7 Å². The van der Waals surface area contributed by atoms with Gasteiger partial charge in [0.2, 0.25) is 0 Å². The maximum absolute atomic E-state index is 6.27. The maximum atomic E-state index is 6.27. The van der Waals surface area contributed by atoms with Crippen LogP contribution in [0.5, 0.6) is 0 Å². The largest absolute Gasteiger partial charge is 0.354 e. The highest BCUT2D eigenvalue weighted by Crippen LogP contribution is 2.36. The van der Waals surface area contributed by atoms with E-state index < -0.39 is 0 Å². The average Bonchev–Trinajstić information content (AvgIpc) is 3.16. The molecule has 0 N–H and O–H groups in total. The summed E-state index contributed by atoms with van der Waals surface area (Å²) in [6.07, 6.45) is 6.19. The molecule has 0 atom stereocenters. The summed E-state index contributed by atoms with van der Waals surface area (Å²) < 4.78 is 3.98. The van der Waals surface area contributed by atoms with Gasteiger partial charge in [-0.05, 0) is 0 Å². The standard InChI is InChI=1S/C13H16ClN7S/c1-19(2)13-17-11(14)10(22-13)12-15-5-7-21(12)6-4-9-18-16-8-20(9)3/h5,7-8H,4,6H2,1-3H3. The van der Waals surface area contributed by atoms with E-state index >= 15 is 0 Å². The summed E-state index contributed by atoms with van der Waals surface area (Å²) in [5.41, 5.74) is 0. The fourth-order valence-corrected chi connectivity index (χ4v) is 3.30. The summed E-state index contributed by atoms with van der Waals surface area (Å²) >= 11 is 7.80. The first kappa shape index (κ1) is 15.0. The van der Waals surface area contributed by atoms with Crippen molar-refractivity contribution in [1.82, 2.24) is 29.3 Å². The molecule has 0 saturated heterocycles. The Balaban J connectivity index is 1.84. The van der Waals surface area contributed by atoms with Crippen molar-refractivity contribution >= 4 is 28.1 Å². The molecule has 0 saturated carbocycles. The molecule has 7 nitrogen and oxygen atoms in total. The van der Waals surface area contributed by atoms with Crippen LogP contribution in [0.25, 0.3) is 10.7 Å². The first-order valence-electron chi connectivity index (χ1n) is 6.74. The Bertz CT molecular complexity index is 773. The number of rotatable bonds is 5. The fraction of sp³-hybridized carbons (Fsp3) is 0.385. The van der Waals surface area contributed by atoms with E-state index in [0.717, 1.165) is 34.6 Å². The Morgan fingerprint density at radius 3 is 2.82 bits per heavy atom. The minimum absolute atomic E-state index is 0.486. The number of aromatic nitrogens is 6. The van der Waals surface area contributed by atoms with Gasteiger partial charge in [-0.3, -0.25) is 0 Å². The smallest absolute Gasteiger partial charge is 0.186 e. The summed E-state index contributed by atoms with van der Waals surface area (Å²) in [5, 5.41) is 9.34. The van der Waals surface area contributed by atoms with Gasteiger partial charge in [0.15, 0.2) is 16.1 Å². The summed E-state index contributed by atoms with van der Waals surface area (Å²) in [5.74, 6) is 1.77. The Kier molecular flexibility index (Phi) is 4.12. The lowest BCUT2D eigenvalue weighted by atomic mass is 10.4. The van der Waals surface area contributed by atoms with E-state index in [1.54, 1.807) is 12.5 Å². The molecule has 0 aliphatic heterocycles. The second kappa shape index (κ2) is 6.05. The lowest BCUT2D eigenvalue weighted by Crippen LogP contribution is -2.07. The van der Waals surface area contributed by atoms with Gasteiger partial charge in [0, 0.05) is 46.5 Å². The molecule has 0 radical (unpaired) electrons. The molecule has 0 spiro atoms. The minimum atomic E-state index is 0.486. The van der Waals surface area contributed by atoms with Gasteiger partial charge in [-0.2, -0.15) is 0 Å². The van der Waals surface area contributed by atoms with Crippen LogP contribution in [0.1, 0.15) is 5.82 Å². The van der Waals surface area contributed by atoms with Crippen molar-refractivity contribution in [1.29, 1.82) is 0 Å². The van der Waals surface area contributed by atoms with Crippen molar-refractivity contribution in [2.45, 2.75) is 13.0 Å². The van der Waals surface area contributed by atoms with E-state index in [4.69, 9.17) is 11.6 Å². The van der Waals surface area contributed by atoms with Crippen LogP contribution < -0.4 is 4.90 Å². The molecule has 0 bridgehead atoms. The second-order valence-corrected chi connectivity index (χ2v) is 6.40. The van der Waals surface area contributed by atoms with Crippen LogP contribution in [0, 0.1) is 0 Å². The molecule has 116 valence electrons. The van der Waals surface area contributed by atoms with E-state index in [-0.39, 0.29) is 0 Å². The van der Waals surface area contributed by atoms with Gasteiger partial charge in [0.1, 0.15) is 17.0 Å². The zero-order valence-corrected chi connectivity index (χ0v) is 14.1. The number of thiazole rings is 1. The molecule has 0 aromatic carbocycles. The lowest BCUT2D eigenvalue weighted by molar-refractivity contribution is 0.654. The van der Waals surface area contributed by atoms with Crippen LogP contribution >= 0.6 is 22.9 Å². The van der Waals surface area contributed by atoms with Crippen molar-refractivity contribution in [3.63, 3.8) is 0 Å². The molecule has 0 aliphatic carbocycles. The fourth-order valence-electron chi connectivity index (χ4n) is 2.07. The molecule has 3 heterocycles. The first-order chi connectivity index (χ1) is 10.6. The van der Waals surface area contributed by atoms with Gasteiger partial charge in [-0.25, -0.2) is 9.97 Å². The van der Waals surface area contributed by atoms with E-state index in [2.05, 4.69) is 24.7 Å². The topological polar surface area (TPSA) is 64.7 Å². The van der Waals surface area contributed by atoms with E-state index in [1.165, 1.54) is 11.3 Å². The highest BCUT2D eigenvalue weighted by Gasteiger charge is 2.17. The van der Waals surface area contributed by atoms with Crippen LogP contribution in [-0.4, -0.2) is 43.4 Å². The molecular formula is C13H16ClN7S. The molecule has 3 aromatic heterocycles. The zero-order valence-electron chi connectivity index (χ0n) is 12.6.